The maximum absolute atomic E-state index is 13.8. The average molecular weight is 644 g/mol. The molecule has 0 aliphatic carbocycles. The molecule has 5 N–H and O–H groups in total. The molecule has 10 nitrogen and oxygen atoms in total. The topological polar surface area (TPSA) is 145 Å². The Morgan fingerprint density at radius 3 is 1.91 bits per heavy atom. The molecule has 0 radical (unpaired) electrons. The van der Waals surface area contributed by atoms with E-state index in [0.29, 0.717) is 26.1 Å². The molecule has 0 saturated carbocycles. The van der Waals surface area contributed by atoms with Gasteiger partial charge in [-0.1, -0.05) is 87.9 Å². The highest BCUT2D eigenvalue weighted by atomic mass is 16.3. The third-order valence-corrected chi connectivity index (χ3v) is 7.76. The first kappa shape index (κ1) is 36.9. The van der Waals surface area contributed by atoms with Crippen molar-refractivity contribution in [2.45, 2.75) is 71.4 Å². The van der Waals surface area contributed by atoms with Crippen molar-refractivity contribution in [2.75, 3.05) is 26.2 Å². The van der Waals surface area contributed by atoms with Gasteiger partial charge in [0.2, 0.25) is 11.8 Å². The molecule has 0 fully saturated rings. The third-order valence-electron chi connectivity index (χ3n) is 7.76. The van der Waals surface area contributed by atoms with Crippen molar-refractivity contribution >= 4 is 23.6 Å². The third kappa shape index (κ3) is 12.0. The number of aliphatic hydroxyl groups excluding tert-OH is 1. The number of hydrazine groups is 1. The summed E-state index contributed by atoms with van der Waals surface area (Å²) in [5, 5.41) is 16.2. The molecule has 3 rings (SSSR count). The second-order valence-corrected chi connectivity index (χ2v) is 11.8. The van der Waals surface area contributed by atoms with Crippen LogP contribution in [0.15, 0.2) is 78.9 Å². The quantitative estimate of drug-likeness (QED) is 0.145. The first-order valence-corrected chi connectivity index (χ1v) is 16.5. The highest BCUT2D eigenvalue weighted by Gasteiger charge is 2.27. The van der Waals surface area contributed by atoms with Crippen LogP contribution < -0.4 is 16.5 Å². The second-order valence-electron chi connectivity index (χ2n) is 11.8. The first-order chi connectivity index (χ1) is 22.6. The summed E-state index contributed by atoms with van der Waals surface area (Å²) < 4.78 is 0. The van der Waals surface area contributed by atoms with Gasteiger partial charge in [-0.3, -0.25) is 24.6 Å². The van der Waals surface area contributed by atoms with E-state index in [1.807, 2.05) is 81.4 Å². The number of primary amides is 1. The lowest BCUT2D eigenvalue weighted by Gasteiger charge is -2.30. The zero-order chi connectivity index (χ0) is 34.2. The molecule has 0 spiro atoms. The SMILES string of the molecule is CCCCN(CC(O)C(Cc1ccccc1)NC(=O)c1cc(C(N)=O)cc(C(=O)N(CCC)CCC)c1)NC(=O)Cc1ccccc1. The fourth-order valence-electron chi connectivity index (χ4n) is 5.36. The number of benzene rings is 3. The minimum atomic E-state index is -1.09. The van der Waals surface area contributed by atoms with E-state index in [0.717, 1.165) is 36.8 Å². The van der Waals surface area contributed by atoms with Crippen LogP contribution in [0.5, 0.6) is 0 Å². The molecule has 10 heteroatoms. The number of rotatable bonds is 19. The molecule has 4 amide bonds. The van der Waals surface area contributed by atoms with Gasteiger partial charge in [-0.15, -0.1) is 0 Å². The maximum Gasteiger partial charge on any atom is 0.253 e. The minimum absolute atomic E-state index is 0.0426. The Hall–Kier alpha value is -4.54. The van der Waals surface area contributed by atoms with Crippen molar-refractivity contribution in [3.8, 4) is 0 Å². The molecule has 2 unspecified atom stereocenters. The van der Waals surface area contributed by atoms with Crippen LogP contribution in [-0.2, 0) is 17.6 Å². The van der Waals surface area contributed by atoms with Crippen LogP contribution in [0.25, 0.3) is 0 Å². The molecule has 0 aromatic heterocycles. The number of carbonyl (C=O) groups is 4. The largest absolute Gasteiger partial charge is 0.390 e. The number of hydrogen-bond donors (Lipinski definition) is 4. The van der Waals surface area contributed by atoms with Crippen LogP contribution >= 0.6 is 0 Å². The predicted octanol–water partition coefficient (Wildman–Crippen LogP) is 4.13. The highest BCUT2D eigenvalue weighted by Crippen LogP contribution is 2.16. The van der Waals surface area contributed by atoms with Gasteiger partial charge in [0, 0.05) is 42.9 Å². The lowest BCUT2D eigenvalue weighted by molar-refractivity contribution is -0.126. The predicted molar refractivity (Wildman–Crippen MR) is 184 cm³/mol. The summed E-state index contributed by atoms with van der Waals surface area (Å²) >= 11 is 0. The lowest BCUT2D eigenvalue weighted by atomic mass is 9.99. The Balaban J connectivity index is 1.87. The number of aliphatic hydroxyl groups is 1. The van der Waals surface area contributed by atoms with Crippen LogP contribution in [-0.4, -0.2) is 77.0 Å². The molecule has 3 aromatic rings. The average Bonchev–Trinajstić information content (AvgIpc) is 3.07. The molecule has 252 valence electrons. The van der Waals surface area contributed by atoms with E-state index in [-0.39, 0.29) is 41.5 Å². The summed E-state index contributed by atoms with van der Waals surface area (Å²) in [6.45, 7) is 7.65. The zero-order valence-electron chi connectivity index (χ0n) is 27.8. The number of nitrogens with two attached hydrogens (primary N) is 1. The number of amides is 4. The number of unbranched alkanes of at least 4 members (excludes halogenated alkanes) is 1. The smallest absolute Gasteiger partial charge is 0.253 e. The van der Waals surface area contributed by atoms with Crippen LogP contribution in [0.3, 0.4) is 0 Å². The van der Waals surface area contributed by atoms with Gasteiger partial charge in [-0.2, -0.15) is 0 Å². The number of carbonyl (C=O) groups excluding carboxylic acids is 4. The lowest BCUT2D eigenvalue weighted by Crippen LogP contribution is -2.53. The number of nitrogens with one attached hydrogen (secondary N) is 2. The van der Waals surface area contributed by atoms with Gasteiger partial charge in [0.15, 0.2) is 0 Å². The van der Waals surface area contributed by atoms with Crippen molar-refractivity contribution < 1.29 is 24.3 Å². The monoisotopic (exact) mass is 643 g/mol. The molecule has 3 aromatic carbocycles. The molecule has 0 aliphatic heterocycles. The molecule has 2 atom stereocenters. The van der Waals surface area contributed by atoms with Gasteiger partial charge < -0.3 is 21.1 Å². The van der Waals surface area contributed by atoms with E-state index in [9.17, 15) is 24.3 Å². The van der Waals surface area contributed by atoms with Gasteiger partial charge in [0.25, 0.3) is 11.8 Å². The van der Waals surface area contributed by atoms with Crippen LogP contribution in [0.4, 0.5) is 0 Å². The van der Waals surface area contributed by atoms with Crippen LogP contribution in [0.2, 0.25) is 0 Å². The fraction of sp³-hybridized carbons (Fsp3) is 0.405. The molecule has 0 heterocycles. The summed E-state index contributed by atoms with van der Waals surface area (Å²) in [5.74, 6) is -1.81. The number of nitrogens with zero attached hydrogens (tertiary/aromatic N) is 2. The van der Waals surface area contributed by atoms with Crippen LogP contribution in [0, 0.1) is 0 Å². The second kappa shape index (κ2) is 19.2. The van der Waals surface area contributed by atoms with Gasteiger partial charge in [0.05, 0.1) is 18.6 Å². The highest BCUT2D eigenvalue weighted by molar-refractivity contribution is 6.04. The van der Waals surface area contributed by atoms with Crippen molar-refractivity contribution in [2.24, 2.45) is 5.73 Å². The van der Waals surface area contributed by atoms with Crippen molar-refractivity contribution in [1.82, 2.24) is 20.7 Å². The van der Waals surface area contributed by atoms with E-state index in [2.05, 4.69) is 10.7 Å². The fourth-order valence-corrected chi connectivity index (χ4v) is 5.36. The van der Waals surface area contributed by atoms with Gasteiger partial charge in [0.1, 0.15) is 0 Å². The zero-order valence-corrected chi connectivity index (χ0v) is 27.8. The van der Waals surface area contributed by atoms with Crippen molar-refractivity contribution in [3.05, 3.63) is 107 Å². The molecular formula is C37H49N5O5. The van der Waals surface area contributed by atoms with E-state index in [4.69, 9.17) is 5.73 Å². The maximum atomic E-state index is 13.8. The van der Waals surface area contributed by atoms with Crippen molar-refractivity contribution in [3.63, 3.8) is 0 Å². The standard InChI is InChI=1S/C37H49N5O5/c1-4-7-20-42(40-34(44)22-28-16-12-9-13-17-28)26-33(43)32(21-27-14-10-8-11-15-27)39-36(46)30-23-29(35(38)45)24-31(25-30)37(47)41(18-5-2)19-6-3/h8-17,23-25,32-33,43H,4-7,18-22,26H2,1-3H3,(H2,38,45)(H,39,46)(H,40,44). The molecular weight excluding hydrogens is 594 g/mol. The Labute approximate surface area is 278 Å². The first-order valence-electron chi connectivity index (χ1n) is 16.5. The summed E-state index contributed by atoms with van der Waals surface area (Å²) in [6.07, 6.45) is 2.60. The summed E-state index contributed by atoms with van der Waals surface area (Å²) in [6, 6.07) is 22.3. The van der Waals surface area contributed by atoms with E-state index in [1.54, 1.807) is 9.91 Å². The van der Waals surface area contributed by atoms with E-state index < -0.39 is 24.0 Å². The Kier molecular flexibility index (Phi) is 15.1. The van der Waals surface area contributed by atoms with Gasteiger partial charge in [-0.05, 0) is 55.0 Å². The van der Waals surface area contributed by atoms with Gasteiger partial charge >= 0.3 is 0 Å². The minimum Gasteiger partial charge on any atom is -0.390 e. The Morgan fingerprint density at radius 1 is 0.766 bits per heavy atom. The molecule has 0 saturated heterocycles. The van der Waals surface area contributed by atoms with Gasteiger partial charge in [-0.25, -0.2) is 5.01 Å². The summed E-state index contributed by atoms with van der Waals surface area (Å²) in [7, 11) is 0. The molecule has 0 aliphatic rings. The van der Waals surface area contributed by atoms with Crippen molar-refractivity contribution in [1.29, 1.82) is 0 Å². The van der Waals surface area contributed by atoms with Crippen LogP contribution in [0.1, 0.15) is 88.7 Å². The van der Waals surface area contributed by atoms with E-state index in [1.165, 1.54) is 18.2 Å². The summed E-state index contributed by atoms with van der Waals surface area (Å²) in [4.78, 5) is 54.1. The number of hydrogen-bond acceptors (Lipinski definition) is 6. The molecule has 47 heavy (non-hydrogen) atoms. The molecule has 0 bridgehead atoms. The normalized spacial score (nSPS) is 12.3. The Bertz CT molecular complexity index is 1440. The Morgan fingerprint density at radius 2 is 1.34 bits per heavy atom. The van der Waals surface area contributed by atoms with E-state index >= 15 is 0 Å². The summed E-state index contributed by atoms with van der Waals surface area (Å²) in [5.41, 5.74) is 10.6.